The largest absolute Gasteiger partial charge is 0.357 e. The molecule has 1 saturated heterocycles. The molecule has 0 aromatic rings. The molecule has 7 nitrogen and oxygen atoms in total. The van der Waals surface area contributed by atoms with Crippen molar-refractivity contribution in [3.05, 3.63) is 0 Å². The third-order valence-corrected chi connectivity index (χ3v) is 5.24. The predicted molar refractivity (Wildman–Crippen MR) is 109 cm³/mol. The van der Waals surface area contributed by atoms with Gasteiger partial charge in [-0.1, -0.05) is 19.3 Å². The molecule has 3 N–H and O–H groups in total. The van der Waals surface area contributed by atoms with Crippen LogP contribution in [-0.4, -0.2) is 61.4 Å². The van der Waals surface area contributed by atoms with E-state index in [0.29, 0.717) is 32.0 Å². The summed E-state index contributed by atoms with van der Waals surface area (Å²) < 4.78 is 0. The third-order valence-electron chi connectivity index (χ3n) is 5.24. The van der Waals surface area contributed by atoms with Crippen LogP contribution in [0.15, 0.2) is 4.99 Å². The summed E-state index contributed by atoms with van der Waals surface area (Å²) in [6.45, 7) is 5.73. The average molecular weight is 380 g/mol. The molecule has 2 amide bonds. The zero-order chi connectivity index (χ0) is 19.3. The molecule has 1 saturated carbocycles. The molecule has 27 heavy (non-hydrogen) atoms. The molecule has 1 aliphatic heterocycles. The van der Waals surface area contributed by atoms with Crippen LogP contribution >= 0.6 is 0 Å². The highest BCUT2D eigenvalue weighted by Gasteiger charge is 2.17. The molecule has 1 aliphatic carbocycles. The van der Waals surface area contributed by atoms with Crippen LogP contribution in [0.4, 0.5) is 0 Å². The molecule has 0 aromatic carbocycles. The molecule has 0 aromatic heterocycles. The van der Waals surface area contributed by atoms with Gasteiger partial charge in [-0.05, 0) is 39.0 Å². The van der Waals surface area contributed by atoms with Crippen molar-refractivity contribution < 1.29 is 9.59 Å². The third kappa shape index (κ3) is 8.63. The summed E-state index contributed by atoms with van der Waals surface area (Å²) in [5.74, 6) is 1.15. The van der Waals surface area contributed by atoms with Gasteiger partial charge in [-0.25, -0.2) is 0 Å². The van der Waals surface area contributed by atoms with Gasteiger partial charge in [-0.15, -0.1) is 0 Å². The molecule has 2 rings (SSSR count). The van der Waals surface area contributed by atoms with Gasteiger partial charge in [-0.2, -0.15) is 0 Å². The minimum absolute atomic E-state index is 0.116. The number of nitrogens with one attached hydrogen (secondary N) is 3. The average Bonchev–Trinajstić information content (AvgIpc) is 3.07. The number of likely N-dealkylation sites (tertiary alicyclic amines) is 1. The molecule has 2 fully saturated rings. The zero-order valence-electron chi connectivity index (χ0n) is 16.9. The lowest BCUT2D eigenvalue weighted by molar-refractivity contribution is -0.130. The van der Waals surface area contributed by atoms with Crippen LogP contribution in [0.25, 0.3) is 0 Å². The topological polar surface area (TPSA) is 85.8 Å². The second-order valence-electron chi connectivity index (χ2n) is 7.53. The van der Waals surface area contributed by atoms with E-state index < -0.39 is 0 Å². The Labute approximate surface area is 163 Å². The Morgan fingerprint density at radius 2 is 1.96 bits per heavy atom. The summed E-state index contributed by atoms with van der Waals surface area (Å²) in [4.78, 5) is 30.5. The number of aliphatic imine (C=N–C) groups is 1. The van der Waals surface area contributed by atoms with E-state index >= 15 is 0 Å². The van der Waals surface area contributed by atoms with E-state index in [9.17, 15) is 9.59 Å². The van der Waals surface area contributed by atoms with Crippen LogP contribution in [0, 0.1) is 0 Å². The van der Waals surface area contributed by atoms with Crippen LogP contribution < -0.4 is 16.0 Å². The van der Waals surface area contributed by atoms with Crippen LogP contribution in [0.2, 0.25) is 0 Å². The Morgan fingerprint density at radius 3 is 2.74 bits per heavy atom. The number of guanidine groups is 1. The summed E-state index contributed by atoms with van der Waals surface area (Å²) in [5, 5.41) is 9.55. The predicted octanol–water partition coefficient (Wildman–Crippen LogP) is 1.78. The Kier molecular flexibility index (Phi) is 10.0. The molecule has 0 atom stereocenters. The summed E-state index contributed by atoms with van der Waals surface area (Å²) >= 11 is 0. The summed E-state index contributed by atoms with van der Waals surface area (Å²) in [7, 11) is 0. The standard InChI is InChI=1S/C20H37N5O2/c1-2-21-20(23-14-12-18(26)24-17-9-5-6-10-17)22-13-8-16-25-15-7-3-4-11-19(25)27/h17H,2-16H2,1H3,(H,24,26)(H2,21,22,23). The van der Waals surface area contributed by atoms with Gasteiger partial charge in [0.1, 0.15) is 0 Å². The Balaban J connectivity index is 1.63. The number of hydrogen-bond acceptors (Lipinski definition) is 3. The fourth-order valence-corrected chi connectivity index (χ4v) is 3.73. The zero-order valence-corrected chi connectivity index (χ0v) is 16.9. The molecule has 0 unspecified atom stereocenters. The number of rotatable bonds is 9. The SMILES string of the molecule is CCNC(=NCCCN1CCCCCC1=O)NCCC(=O)NC1CCCC1. The van der Waals surface area contributed by atoms with Gasteiger partial charge in [0.05, 0.1) is 0 Å². The van der Waals surface area contributed by atoms with Crippen molar-refractivity contribution in [3.8, 4) is 0 Å². The van der Waals surface area contributed by atoms with Crippen LogP contribution in [0.1, 0.15) is 71.1 Å². The maximum absolute atomic E-state index is 12.0. The summed E-state index contributed by atoms with van der Waals surface area (Å²) in [5.41, 5.74) is 0. The van der Waals surface area contributed by atoms with Crippen molar-refractivity contribution in [3.63, 3.8) is 0 Å². The highest BCUT2D eigenvalue weighted by Crippen LogP contribution is 2.17. The maximum atomic E-state index is 12.0. The first kappa shape index (κ1) is 21.5. The van der Waals surface area contributed by atoms with Gasteiger partial charge < -0.3 is 20.9 Å². The fourth-order valence-electron chi connectivity index (χ4n) is 3.73. The molecule has 154 valence electrons. The number of hydrogen-bond donors (Lipinski definition) is 3. The maximum Gasteiger partial charge on any atom is 0.222 e. The number of nitrogens with zero attached hydrogens (tertiary/aromatic N) is 2. The van der Waals surface area contributed by atoms with Gasteiger partial charge >= 0.3 is 0 Å². The van der Waals surface area contributed by atoms with E-state index in [2.05, 4.69) is 20.9 Å². The molecule has 2 aliphatic rings. The highest BCUT2D eigenvalue weighted by atomic mass is 16.2. The number of carbonyl (C=O) groups excluding carboxylic acids is 2. The first-order valence-electron chi connectivity index (χ1n) is 10.8. The van der Waals surface area contributed by atoms with Gasteiger partial charge in [0.2, 0.25) is 11.8 Å². The second kappa shape index (κ2) is 12.6. The second-order valence-corrected chi connectivity index (χ2v) is 7.53. The minimum atomic E-state index is 0.116. The van der Waals surface area contributed by atoms with Crippen molar-refractivity contribution in [2.75, 3.05) is 32.7 Å². The molecule has 1 heterocycles. The van der Waals surface area contributed by atoms with E-state index in [0.717, 1.165) is 64.1 Å². The lowest BCUT2D eigenvalue weighted by Crippen LogP contribution is -2.40. The summed E-state index contributed by atoms with van der Waals surface area (Å²) in [6.07, 6.45) is 9.99. The molecule has 0 spiro atoms. The van der Waals surface area contributed by atoms with Gasteiger partial charge in [0, 0.05) is 51.6 Å². The molecular weight excluding hydrogens is 342 g/mol. The first-order chi connectivity index (χ1) is 13.2. The quantitative estimate of drug-likeness (QED) is 0.324. The Bertz CT molecular complexity index is 489. The Hall–Kier alpha value is -1.79. The molecular formula is C20H37N5O2. The van der Waals surface area contributed by atoms with Gasteiger partial charge in [-0.3, -0.25) is 14.6 Å². The molecule has 0 radical (unpaired) electrons. The van der Waals surface area contributed by atoms with Crippen molar-refractivity contribution >= 4 is 17.8 Å². The lowest BCUT2D eigenvalue weighted by atomic mass is 10.2. The fraction of sp³-hybridized carbons (Fsp3) is 0.850. The Morgan fingerprint density at radius 1 is 1.15 bits per heavy atom. The number of amides is 2. The van der Waals surface area contributed by atoms with Crippen molar-refractivity contribution in [1.82, 2.24) is 20.9 Å². The van der Waals surface area contributed by atoms with Crippen molar-refractivity contribution in [2.45, 2.75) is 77.2 Å². The smallest absolute Gasteiger partial charge is 0.222 e. The van der Waals surface area contributed by atoms with Crippen molar-refractivity contribution in [2.24, 2.45) is 4.99 Å². The number of carbonyl (C=O) groups is 2. The van der Waals surface area contributed by atoms with Gasteiger partial charge in [0.25, 0.3) is 0 Å². The van der Waals surface area contributed by atoms with E-state index in [-0.39, 0.29) is 11.8 Å². The molecule has 7 heteroatoms. The van der Waals surface area contributed by atoms with E-state index in [1.54, 1.807) is 0 Å². The highest BCUT2D eigenvalue weighted by molar-refractivity contribution is 5.81. The van der Waals surface area contributed by atoms with E-state index in [1.165, 1.54) is 12.8 Å². The van der Waals surface area contributed by atoms with Gasteiger partial charge in [0.15, 0.2) is 5.96 Å². The van der Waals surface area contributed by atoms with Crippen molar-refractivity contribution in [1.29, 1.82) is 0 Å². The minimum Gasteiger partial charge on any atom is -0.357 e. The normalized spacial score (nSPS) is 19.1. The summed E-state index contributed by atoms with van der Waals surface area (Å²) in [6, 6.07) is 0.376. The molecule has 0 bridgehead atoms. The van der Waals surface area contributed by atoms with Crippen LogP contribution in [0.3, 0.4) is 0 Å². The van der Waals surface area contributed by atoms with Crippen LogP contribution in [0.5, 0.6) is 0 Å². The first-order valence-corrected chi connectivity index (χ1v) is 10.8. The monoisotopic (exact) mass is 379 g/mol. The van der Waals surface area contributed by atoms with Crippen LogP contribution in [-0.2, 0) is 9.59 Å². The lowest BCUT2D eigenvalue weighted by Gasteiger charge is -2.20. The van der Waals surface area contributed by atoms with E-state index in [1.807, 2.05) is 11.8 Å². The van der Waals surface area contributed by atoms with E-state index in [4.69, 9.17) is 0 Å².